The number of ether oxygens (including phenoxy) is 18. The lowest BCUT2D eigenvalue weighted by Crippen LogP contribution is -2.68. The van der Waals surface area contributed by atoms with Gasteiger partial charge in [0.05, 0.1) is 124 Å². The number of thiazole rings is 1. The number of aromatic nitrogens is 1. The molecular formula is C91H147N3O47S3. The molecule has 50 nitrogen and oxygen atoms in total. The van der Waals surface area contributed by atoms with Crippen molar-refractivity contribution in [3.63, 3.8) is 0 Å². The van der Waals surface area contributed by atoms with Crippen LogP contribution in [0.25, 0.3) is 6.08 Å². The first-order valence-electron chi connectivity index (χ1n) is 48.6. The second-order valence-corrected chi connectivity index (χ2v) is 41.4. The monoisotopic (exact) mass is 2130 g/mol. The van der Waals surface area contributed by atoms with E-state index in [4.69, 9.17) is 91.0 Å². The fourth-order valence-corrected chi connectivity index (χ4v) is 21.4. The van der Waals surface area contributed by atoms with Crippen molar-refractivity contribution < 1.29 is 231 Å². The highest BCUT2D eigenvalue weighted by atomic mass is 32.2. The molecule has 0 aromatic carbocycles. The Morgan fingerprint density at radius 2 is 0.896 bits per heavy atom. The van der Waals surface area contributed by atoms with E-state index in [1.165, 1.54) is 6.92 Å². The van der Waals surface area contributed by atoms with Gasteiger partial charge in [0.15, 0.2) is 44.0 Å². The predicted molar refractivity (Wildman–Crippen MR) is 493 cm³/mol. The highest BCUT2D eigenvalue weighted by Crippen LogP contribution is 2.46. The third kappa shape index (κ3) is 32.3. The highest BCUT2D eigenvalue weighted by molar-refractivity contribution is 7.99. The number of esters is 1. The van der Waals surface area contributed by atoms with E-state index in [0.29, 0.717) is 19.4 Å². The number of amides is 1. The number of carboxylic acid groups (broad SMARTS) is 2. The van der Waals surface area contributed by atoms with E-state index in [1.54, 1.807) is 25.2 Å². The van der Waals surface area contributed by atoms with Gasteiger partial charge in [-0.05, 0) is 83.9 Å². The summed E-state index contributed by atoms with van der Waals surface area (Å²) in [5, 5.41) is 254. The molecule has 23 aliphatic heterocycles. The summed E-state index contributed by atoms with van der Waals surface area (Å²) < 4.78 is 105. The minimum absolute atomic E-state index is 0.0101. The van der Waals surface area contributed by atoms with Crippen LogP contribution in [0, 0.1) is 30.6 Å². The van der Waals surface area contributed by atoms with Gasteiger partial charge in [-0.25, -0.2) is 4.98 Å². The Labute approximate surface area is 842 Å². The number of nitrogens with zero attached hydrogens (tertiary/aromatic N) is 1. The zero-order valence-electron chi connectivity index (χ0n) is 81.1. The molecule has 24 rings (SSSR count). The number of aliphatic hydroxyl groups excluding tert-OH is 20. The summed E-state index contributed by atoms with van der Waals surface area (Å²) in [6, 6.07) is -0.299. The van der Waals surface area contributed by atoms with Crippen molar-refractivity contribution in [2.45, 2.75) is 383 Å². The number of rotatable bonds is 35. The van der Waals surface area contributed by atoms with Gasteiger partial charge in [-0.3, -0.25) is 33.6 Å². The third-order valence-corrected chi connectivity index (χ3v) is 30.5. The molecule has 23 aliphatic rings. The average Bonchev–Trinajstić information content (AvgIpc) is 1.32. The quantitative estimate of drug-likeness (QED) is 0.0171. The largest absolute Gasteiger partial charge is 0.481 e. The van der Waals surface area contributed by atoms with Crippen molar-refractivity contribution in [2.75, 3.05) is 89.0 Å². The number of carbonyl (C=O) groups excluding carboxylic acids is 5. The Balaban J connectivity index is 0.000000431. The van der Waals surface area contributed by atoms with Crippen molar-refractivity contribution in [1.29, 1.82) is 0 Å². The van der Waals surface area contributed by atoms with Crippen LogP contribution in [0.1, 0.15) is 142 Å². The topological polar surface area (TPSA) is 785 Å². The Hall–Kier alpha value is -4.56. The number of aryl methyl sites for hydroxylation is 1. The van der Waals surface area contributed by atoms with Crippen LogP contribution in [0.3, 0.4) is 0 Å². The van der Waals surface area contributed by atoms with Crippen molar-refractivity contribution in [2.24, 2.45) is 29.4 Å². The number of thioether (sulfide) groups is 2. The Kier molecular flexibility index (Phi) is 48.3. The van der Waals surface area contributed by atoms with Gasteiger partial charge in [-0.15, -0.1) is 11.3 Å². The van der Waals surface area contributed by atoms with E-state index < -0.39 is 314 Å². The van der Waals surface area contributed by atoms with E-state index in [-0.39, 0.29) is 123 Å². The minimum atomic E-state index is -2.31. The number of fused-ring (bicyclic) bond motifs is 1. The van der Waals surface area contributed by atoms with Gasteiger partial charge in [0, 0.05) is 72.8 Å². The first kappa shape index (κ1) is 121. The molecular weight excluding hydrogens is 1980 g/mol. The number of carbonyl (C=O) groups is 7. The lowest BCUT2D eigenvalue weighted by Gasteiger charge is -2.50. The molecule has 826 valence electrons. The lowest BCUT2D eigenvalue weighted by molar-refractivity contribution is -0.395. The number of carboxylic acids is 2. The van der Waals surface area contributed by atoms with Crippen LogP contribution in [0.4, 0.5) is 0 Å². The van der Waals surface area contributed by atoms with E-state index in [9.17, 15) is 146 Å². The minimum Gasteiger partial charge on any atom is -0.481 e. The summed E-state index contributed by atoms with van der Waals surface area (Å²) in [5.41, 5.74) is 7.06. The maximum absolute atomic E-state index is 13.4. The van der Waals surface area contributed by atoms with E-state index in [0.717, 1.165) is 71.9 Å². The van der Waals surface area contributed by atoms with Crippen LogP contribution >= 0.6 is 34.9 Å². The molecule has 0 radical (unpaired) electrons. The highest BCUT2D eigenvalue weighted by Gasteiger charge is 2.61. The smallest absolute Gasteiger partial charge is 0.307 e. The molecule has 0 spiro atoms. The van der Waals surface area contributed by atoms with Crippen LogP contribution in [0.2, 0.25) is 0 Å². The van der Waals surface area contributed by atoms with E-state index >= 15 is 0 Å². The molecule has 14 bridgehead atoms. The van der Waals surface area contributed by atoms with E-state index in [2.05, 4.69) is 17.2 Å². The second-order valence-electron chi connectivity index (χ2n) is 38.2. The van der Waals surface area contributed by atoms with Crippen molar-refractivity contribution in [1.82, 2.24) is 10.3 Å². The van der Waals surface area contributed by atoms with Gasteiger partial charge in [0.2, 0.25) is 5.91 Å². The molecule has 0 saturated carbocycles. The molecule has 0 aliphatic carbocycles. The predicted octanol–water partition coefficient (Wildman–Crippen LogP) is -7.09. The van der Waals surface area contributed by atoms with Gasteiger partial charge < -0.3 is 209 Å². The van der Waals surface area contributed by atoms with Gasteiger partial charge in [-0.1, -0.05) is 33.6 Å². The number of ketones is 3. The van der Waals surface area contributed by atoms with Crippen molar-refractivity contribution >= 4 is 82.1 Å². The summed E-state index contributed by atoms with van der Waals surface area (Å²) in [6.45, 7) is 7.98. The number of nitrogens with two attached hydrogens (primary N) is 1. The number of aliphatic hydroxyl groups is 20. The molecule has 1 aromatic heterocycles. The first-order valence-corrected chi connectivity index (χ1v) is 51.8. The summed E-state index contributed by atoms with van der Waals surface area (Å²) in [4.78, 5) is 92.6. The number of aliphatic carboxylic acids is 2. The maximum Gasteiger partial charge on any atom is 0.307 e. The summed E-state index contributed by atoms with van der Waals surface area (Å²) in [6.07, 6.45) is -67.1. The van der Waals surface area contributed by atoms with Crippen LogP contribution < -0.4 is 11.1 Å². The van der Waals surface area contributed by atoms with Crippen molar-refractivity contribution in [3.05, 3.63) is 21.7 Å². The number of hydrogen-bond acceptors (Lipinski definition) is 50. The van der Waals surface area contributed by atoms with Crippen LogP contribution in [-0.2, 0) is 119 Å². The van der Waals surface area contributed by atoms with Gasteiger partial charge in [-0.2, -0.15) is 23.5 Å². The molecule has 1 aromatic rings. The summed E-state index contributed by atoms with van der Waals surface area (Å²) >= 11 is 3.30. The molecule has 23 fully saturated rings. The fourth-order valence-electron chi connectivity index (χ4n) is 18.4. The summed E-state index contributed by atoms with van der Waals surface area (Å²) in [7, 11) is 0. The normalized spacial score (nSPS) is 41.3. The Morgan fingerprint density at radius 1 is 0.514 bits per heavy atom. The zero-order chi connectivity index (χ0) is 106. The zero-order valence-corrected chi connectivity index (χ0v) is 83.5. The average molecular weight is 2130 g/mol. The molecule has 53 heteroatoms. The molecule has 16 unspecified atom stereocenters. The molecule has 44 atom stereocenters. The van der Waals surface area contributed by atoms with Crippen LogP contribution in [-0.4, -0.2) is 492 Å². The molecule has 1 amide bonds. The molecule has 25 N–H and O–H groups in total. The van der Waals surface area contributed by atoms with Gasteiger partial charge >= 0.3 is 17.9 Å². The SMILES string of the molecule is C/C(=C\c1csc(C)n1)[C@@H]1C[C@@H]2O[C@]2(C)CCC[C@H](C)[C@H](O)[C@@H](C)C(=O)C[C@@H](OC(=O)CCCCCN)CC(=O)N1.CCC(CSCC1O[C@@H]2O[C@@H]3C(CO)O[C@H](O[C@@H]4C(CO)O[C@H](O[C@@H]5C(CO)O[C@H](O[C@@H]6C(CSCC(CC(=O)CCOCCOCCC(C)=O)C(=O)O)O[C@H](O[C@@H]7C(CO)O[C@H](O[C@@H]8C(CO)O[C@H](O[C@H]1[C@H](O)C2O)C(O)[C@H]8O)C(O)[C@H]7O)C(O)[C@H]6O)C(O)[C@H]5O)C(O)[C@H]4O)C(O)[C@H]3O)C(=O)O. The number of Topliss-reactive ketones (excluding diaryl/α,β-unsaturated/α-hetero) is 3. The van der Waals surface area contributed by atoms with Gasteiger partial charge in [0.1, 0.15) is 182 Å². The molecule has 144 heavy (non-hydrogen) atoms. The van der Waals surface area contributed by atoms with Crippen LogP contribution in [0.15, 0.2) is 11.0 Å². The van der Waals surface area contributed by atoms with Crippen LogP contribution in [0.5, 0.6) is 0 Å². The lowest BCUT2D eigenvalue weighted by atomic mass is 9.84. The maximum atomic E-state index is 13.4. The number of epoxide rings is 1. The fraction of sp³-hybridized carbons (Fsp3) is 0.868. The molecule has 24 heterocycles. The van der Waals surface area contributed by atoms with Crippen molar-refractivity contribution in [3.8, 4) is 0 Å². The number of hydrogen-bond donors (Lipinski definition) is 24. The second kappa shape index (κ2) is 57.4. The Morgan fingerprint density at radius 3 is 1.26 bits per heavy atom. The standard InChI is InChI=1S/C60H98O41S2.C31H49N3O6S/c1-3-21(52(82)83)16-102-18-29-50-36(73)43(80)59(93-29)98-48-27(14-64)89-55(39(76)32(48)69)95-45-24(11-61)88-54(38(75)31(45)68)96-46-26(13-63)92-58(42(79)35(46)72)101-51-30(19-103-17-22(53(84)85)10-23(67)5-7-87-9-8-86-6-4-20(2)66)94-60(44(81)37(51)74)99-49-28(15-65)90-56(40(77)33(49)70)97-47-25(12-62)91-57(100-50)41(78)34(47)71;1-19-10-9-12-31(5)27(40-31)17-25(20(2)14-23-18-41-22(4)33-23)34-28(36)16-24(15-26(35)21(3)30(19)38)39-29(37)11-7-6-8-13-32/h21-22,24-51,54-65,68-81H,3-19H2,1-2H3,(H,82,83)(H,84,85);14,18-19,21,24-25,27,30,38H,6-13,15-17,32H2,1-5H3,(H,34,36)/b;20-14+/t21?,22?,24?,25?,26?,27?,28?,29?,30?,31-,32-,33-,34-,35-,36-,37-,38?,39?,40?,41?,42?,43?,44?,45-,46-,47-,48-,49-,50-,51-,54-,55-,56-,57-,58-,59-,60-;19-,21-,24+,25-,27-,30-,31+/m10/s1. The Bertz CT molecular complexity index is 4150. The number of unbranched alkanes of at least 4 members (excludes halogenated alkanes) is 2. The van der Waals surface area contributed by atoms with Gasteiger partial charge in [0.25, 0.3) is 0 Å². The summed E-state index contributed by atoms with van der Waals surface area (Å²) in [5.74, 6) is -8.40. The first-order chi connectivity index (χ1) is 68.4. The number of nitrogens with one attached hydrogen (secondary N) is 1. The molecule has 23 saturated heterocycles. The third-order valence-electron chi connectivity index (χ3n) is 27.3. The van der Waals surface area contributed by atoms with E-state index in [1.807, 2.05) is 32.2 Å².